The van der Waals surface area contributed by atoms with Crippen molar-refractivity contribution in [2.45, 2.75) is 56.7 Å². The summed E-state index contributed by atoms with van der Waals surface area (Å²) in [6.45, 7) is 1.13. The van der Waals surface area contributed by atoms with Gasteiger partial charge in [-0.05, 0) is 68.1 Å². The van der Waals surface area contributed by atoms with Crippen LogP contribution in [0.3, 0.4) is 0 Å². The number of rotatable bonds is 6. The molecule has 1 aliphatic heterocycles. The summed E-state index contributed by atoms with van der Waals surface area (Å²) < 4.78 is 10.8. The Bertz CT molecular complexity index is 1500. The lowest BCUT2D eigenvalue weighted by Gasteiger charge is -2.41. The lowest BCUT2D eigenvalue weighted by Crippen LogP contribution is -2.51. The average molecular weight is 530 g/mol. The number of carbonyl (C=O) groups excluding carboxylic acids is 1. The Morgan fingerprint density at radius 3 is 2.49 bits per heavy atom. The molecule has 0 unspecified atom stereocenters. The first-order valence-electron chi connectivity index (χ1n) is 13.8. The molecular formula is C30H35N5O4. The molecule has 9 heteroatoms. The van der Waals surface area contributed by atoms with E-state index in [0.717, 1.165) is 37.1 Å². The van der Waals surface area contributed by atoms with Crippen LogP contribution in [-0.2, 0) is 11.3 Å². The van der Waals surface area contributed by atoms with Crippen LogP contribution in [0.5, 0.6) is 5.75 Å². The smallest absolute Gasteiger partial charge is 0.262 e. The molecule has 3 aromatic heterocycles. The minimum Gasteiger partial charge on any atom is -0.497 e. The molecule has 9 nitrogen and oxygen atoms in total. The van der Waals surface area contributed by atoms with Crippen LogP contribution in [-0.4, -0.2) is 60.4 Å². The molecule has 1 aromatic carbocycles. The summed E-state index contributed by atoms with van der Waals surface area (Å²) in [5, 5.41) is 11.9. The van der Waals surface area contributed by atoms with E-state index in [0.29, 0.717) is 37.0 Å². The largest absolute Gasteiger partial charge is 0.497 e. The van der Waals surface area contributed by atoms with Crippen molar-refractivity contribution < 1.29 is 14.6 Å². The molecule has 2 atom stereocenters. The number of hydrogen-bond acceptors (Lipinski definition) is 5. The van der Waals surface area contributed by atoms with E-state index >= 15 is 0 Å². The van der Waals surface area contributed by atoms with Crippen LogP contribution in [0.4, 0.5) is 0 Å². The van der Waals surface area contributed by atoms with Crippen LogP contribution >= 0.6 is 0 Å². The van der Waals surface area contributed by atoms with Crippen LogP contribution in [0, 0.1) is 5.92 Å². The predicted molar refractivity (Wildman–Crippen MR) is 148 cm³/mol. The van der Waals surface area contributed by atoms with Gasteiger partial charge in [-0.2, -0.15) is 0 Å². The van der Waals surface area contributed by atoms with E-state index < -0.39 is 5.60 Å². The van der Waals surface area contributed by atoms with Crippen molar-refractivity contribution in [2.24, 2.45) is 5.92 Å². The summed E-state index contributed by atoms with van der Waals surface area (Å²) in [6, 6.07) is 13.5. The zero-order valence-corrected chi connectivity index (χ0v) is 22.3. The summed E-state index contributed by atoms with van der Waals surface area (Å²) in [5.41, 5.74) is 0.193. The van der Waals surface area contributed by atoms with E-state index in [-0.39, 0.29) is 30.0 Å². The minimum absolute atomic E-state index is 0.0266. The van der Waals surface area contributed by atoms with Gasteiger partial charge in [-0.25, -0.2) is 4.98 Å². The first-order valence-corrected chi connectivity index (χ1v) is 13.8. The average Bonchev–Trinajstić information content (AvgIpc) is 3.66. The molecular weight excluding hydrogens is 494 g/mol. The van der Waals surface area contributed by atoms with Crippen molar-refractivity contribution in [1.29, 1.82) is 0 Å². The van der Waals surface area contributed by atoms with Crippen molar-refractivity contribution >= 4 is 16.9 Å². The third-order valence-corrected chi connectivity index (χ3v) is 8.55. The monoisotopic (exact) mass is 529 g/mol. The molecule has 4 heterocycles. The Kier molecular flexibility index (Phi) is 6.76. The lowest BCUT2D eigenvalue weighted by molar-refractivity contribution is -0.142. The van der Waals surface area contributed by atoms with E-state index in [1.807, 2.05) is 52.1 Å². The summed E-state index contributed by atoms with van der Waals surface area (Å²) in [5.74, 6) is 0.919. The third-order valence-electron chi connectivity index (χ3n) is 8.55. The number of ether oxygens (including phenoxy) is 1. The van der Waals surface area contributed by atoms with Gasteiger partial charge in [-0.3, -0.25) is 14.2 Å². The predicted octanol–water partition coefficient (Wildman–Crippen LogP) is 3.78. The fourth-order valence-electron chi connectivity index (χ4n) is 6.30. The van der Waals surface area contributed by atoms with Crippen LogP contribution in [0.2, 0.25) is 0 Å². The van der Waals surface area contributed by atoms with Gasteiger partial charge in [-0.1, -0.05) is 12.8 Å². The first kappa shape index (κ1) is 25.4. The number of nitrogens with zero attached hydrogens (tertiary/aromatic N) is 5. The van der Waals surface area contributed by atoms with Gasteiger partial charge in [0.15, 0.2) is 5.65 Å². The number of fused-ring (bicyclic) bond motifs is 1. The van der Waals surface area contributed by atoms with E-state index in [1.54, 1.807) is 13.2 Å². The maximum atomic E-state index is 13.5. The van der Waals surface area contributed by atoms with Gasteiger partial charge in [0, 0.05) is 43.4 Å². The zero-order valence-electron chi connectivity index (χ0n) is 22.3. The lowest BCUT2D eigenvalue weighted by atomic mass is 9.82. The Balaban J connectivity index is 1.14. The van der Waals surface area contributed by atoms with Crippen molar-refractivity contribution in [2.75, 3.05) is 20.2 Å². The molecule has 0 radical (unpaired) electrons. The highest BCUT2D eigenvalue weighted by atomic mass is 16.5. The van der Waals surface area contributed by atoms with Crippen molar-refractivity contribution in [3.8, 4) is 11.4 Å². The topological polar surface area (TPSA) is 94.5 Å². The Labute approximate surface area is 227 Å². The highest BCUT2D eigenvalue weighted by molar-refractivity contribution is 5.79. The minimum atomic E-state index is -1.07. The van der Waals surface area contributed by atoms with Crippen LogP contribution in [0.25, 0.3) is 16.7 Å². The molecule has 0 spiro atoms. The molecule has 1 saturated heterocycles. The number of likely N-dealkylation sites (tertiary alicyclic amines) is 1. The standard InChI is InChI=1S/C30H35N5O4/c1-39-23-10-8-22(9-11-23)35-17-12-25-27(35)31-21-34(29(25)37)20-30(38)13-18-33(19-14-30)28(36)24-6-2-3-7-26(24)32-15-4-5-16-32/h4-5,8-12,15-17,21,24,26,38H,2-3,6-7,13-14,18-20H2,1H3/t24-,26-/m1/s1. The van der Waals surface area contributed by atoms with Gasteiger partial charge >= 0.3 is 0 Å². The van der Waals surface area contributed by atoms with Crippen LogP contribution in [0.15, 0.2) is 72.2 Å². The number of aliphatic hydroxyl groups is 1. The van der Waals surface area contributed by atoms with Crippen molar-refractivity contribution in [3.05, 3.63) is 77.7 Å². The van der Waals surface area contributed by atoms with Crippen molar-refractivity contribution in [1.82, 2.24) is 23.6 Å². The van der Waals surface area contributed by atoms with Crippen molar-refractivity contribution in [3.63, 3.8) is 0 Å². The molecule has 4 aromatic rings. The summed E-state index contributed by atoms with van der Waals surface area (Å²) in [6.07, 6.45) is 12.4. The number of amides is 1. The number of piperidine rings is 1. The zero-order chi connectivity index (χ0) is 27.0. The molecule has 1 aliphatic carbocycles. The molecule has 204 valence electrons. The van der Waals surface area contributed by atoms with Gasteiger partial charge in [0.25, 0.3) is 5.56 Å². The summed E-state index contributed by atoms with van der Waals surface area (Å²) in [4.78, 5) is 33.4. The SMILES string of the molecule is COc1ccc(-n2ccc3c(=O)n(CC4(O)CCN(C(=O)[C@@H]5CCCC[C@H]5n5cccc5)CC4)cnc32)cc1. The van der Waals surface area contributed by atoms with Gasteiger partial charge < -0.3 is 23.9 Å². The summed E-state index contributed by atoms with van der Waals surface area (Å²) in [7, 11) is 1.62. The number of hydrogen-bond donors (Lipinski definition) is 1. The quantitative estimate of drug-likeness (QED) is 0.410. The number of methoxy groups -OCH3 is 1. The van der Waals surface area contributed by atoms with Gasteiger partial charge in [-0.15, -0.1) is 0 Å². The molecule has 1 amide bonds. The van der Waals surface area contributed by atoms with Gasteiger partial charge in [0.2, 0.25) is 5.91 Å². The van der Waals surface area contributed by atoms with E-state index in [1.165, 1.54) is 10.9 Å². The number of benzene rings is 1. The third kappa shape index (κ3) is 4.87. The Morgan fingerprint density at radius 1 is 1.05 bits per heavy atom. The number of carbonyl (C=O) groups is 1. The maximum absolute atomic E-state index is 13.5. The van der Waals surface area contributed by atoms with Crippen LogP contribution in [0.1, 0.15) is 44.6 Å². The molecule has 2 aliphatic rings. The second-order valence-electron chi connectivity index (χ2n) is 10.9. The van der Waals surface area contributed by atoms with Gasteiger partial charge in [0.05, 0.1) is 30.6 Å². The van der Waals surface area contributed by atoms with E-state index in [2.05, 4.69) is 21.9 Å². The normalized spacial score (nSPS) is 21.2. The highest BCUT2D eigenvalue weighted by Gasteiger charge is 2.39. The maximum Gasteiger partial charge on any atom is 0.262 e. The van der Waals surface area contributed by atoms with Gasteiger partial charge in [0.1, 0.15) is 12.1 Å². The number of aromatic nitrogens is 4. The fraction of sp³-hybridized carbons (Fsp3) is 0.433. The fourth-order valence-corrected chi connectivity index (χ4v) is 6.30. The van der Waals surface area contributed by atoms with Crippen LogP contribution < -0.4 is 10.3 Å². The first-order chi connectivity index (χ1) is 19.0. The summed E-state index contributed by atoms with van der Waals surface area (Å²) >= 11 is 0. The second-order valence-corrected chi connectivity index (χ2v) is 10.9. The Hall–Kier alpha value is -3.85. The molecule has 6 rings (SSSR count). The molecule has 1 N–H and O–H groups in total. The molecule has 39 heavy (non-hydrogen) atoms. The molecule has 1 saturated carbocycles. The molecule has 2 fully saturated rings. The Morgan fingerprint density at radius 2 is 1.77 bits per heavy atom. The molecule has 0 bridgehead atoms. The highest BCUT2D eigenvalue weighted by Crippen LogP contribution is 2.36. The second kappa shape index (κ2) is 10.4. The van der Waals surface area contributed by atoms with E-state index in [9.17, 15) is 14.7 Å². The van der Waals surface area contributed by atoms with E-state index in [4.69, 9.17) is 4.74 Å².